The normalized spacial score (nSPS) is 20.0. The Kier molecular flexibility index (Phi) is 8.63. The van der Waals surface area contributed by atoms with Crippen molar-refractivity contribution in [1.29, 1.82) is 0 Å². The molecule has 0 unspecified atom stereocenters. The van der Waals surface area contributed by atoms with Crippen LogP contribution in [0.3, 0.4) is 0 Å². The number of piperazine rings is 1. The first-order valence-corrected chi connectivity index (χ1v) is 10.0. The van der Waals surface area contributed by atoms with Gasteiger partial charge in [-0.1, -0.05) is 0 Å². The first-order chi connectivity index (χ1) is 12.8. The van der Waals surface area contributed by atoms with Crippen molar-refractivity contribution in [2.75, 3.05) is 59.2 Å². The van der Waals surface area contributed by atoms with E-state index in [2.05, 4.69) is 4.99 Å². The third-order valence-corrected chi connectivity index (χ3v) is 4.67. The van der Waals surface area contributed by atoms with E-state index in [0.29, 0.717) is 51.2 Å². The first-order valence-electron chi connectivity index (χ1n) is 10.0. The van der Waals surface area contributed by atoms with E-state index in [4.69, 9.17) is 19.9 Å². The number of carbonyl (C=O) groups is 1. The predicted molar refractivity (Wildman–Crippen MR) is 105 cm³/mol. The molecule has 1 amide bonds. The average Bonchev–Trinajstić information content (AvgIpc) is 2.64. The lowest BCUT2D eigenvalue weighted by Crippen LogP contribution is -2.53. The molecule has 8 heteroatoms. The van der Waals surface area contributed by atoms with E-state index < -0.39 is 5.60 Å². The van der Waals surface area contributed by atoms with Crippen molar-refractivity contribution >= 4 is 12.1 Å². The van der Waals surface area contributed by atoms with E-state index in [1.165, 1.54) is 0 Å². The maximum Gasteiger partial charge on any atom is 0.410 e. The summed E-state index contributed by atoms with van der Waals surface area (Å²) in [6.45, 7) is 12.1. The van der Waals surface area contributed by atoms with E-state index in [0.717, 1.165) is 39.1 Å². The Morgan fingerprint density at radius 2 is 1.78 bits per heavy atom. The Hall–Kier alpha value is -1.54. The molecule has 2 aliphatic rings. The van der Waals surface area contributed by atoms with Gasteiger partial charge in [0, 0.05) is 59.2 Å². The van der Waals surface area contributed by atoms with E-state index >= 15 is 0 Å². The van der Waals surface area contributed by atoms with Crippen LogP contribution < -0.4 is 5.73 Å². The largest absolute Gasteiger partial charge is 0.444 e. The SMILES string of the molecule is CC(C)(C)OC(=O)N1CCN(C(N)=NCCCOCC2CCOCC2)CC1. The molecule has 0 atom stereocenters. The highest BCUT2D eigenvalue weighted by atomic mass is 16.6. The van der Waals surface area contributed by atoms with E-state index in [-0.39, 0.29) is 6.09 Å². The summed E-state index contributed by atoms with van der Waals surface area (Å²) in [6, 6.07) is 0. The van der Waals surface area contributed by atoms with E-state index in [1.807, 2.05) is 25.7 Å². The van der Waals surface area contributed by atoms with Crippen LogP contribution in [0, 0.1) is 5.92 Å². The molecular formula is C19H36N4O4. The van der Waals surface area contributed by atoms with Crippen molar-refractivity contribution < 1.29 is 19.0 Å². The molecular weight excluding hydrogens is 348 g/mol. The van der Waals surface area contributed by atoms with Gasteiger partial charge in [0.1, 0.15) is 5.60 Å². The van der Waals surface area contributed by atoms with Crippen LogP contribution >= 0.6 is 0 Å². The van der Waals surface area contributed by atoms with Crippen LogP contribution in [0.1, 0.15) is 40.0 Å². The number of nitrogens with two attached hydrogens (primary N) is 1. The summed E-state index contributed by atoms with van der Waals surface area (Å²) >= 11 is 0. The molecule has 27 heavy (non-hydrogen) atoms. The summed E-state index contributed by atoms with van der Waals surface area (Å²) < 4.78 is 16.5. The van der Waals surface area contributed by atoms with Gasteiger partial charge in [0.2, 0.25) is 0 Å². The lowest BCUT2D eigenvalue weighted by Gasteiger charge is -2.36. The molecule has 0 saturated carbocycles. The zero-order chi connectivity index (χ0) is 19.7. The van der Waals surface area contributed by atoms with Crippen LogP contribution in [-0.4, -0.2) is 86.6 Å². The van der Waals surface area contributed by atoms with Crippen LogP contribution in [0.15, 0.2) is 4.99 Å². The highest BCUT2D eigenvalue weighted by molar-refractivity contribution is 5.78. The summed E-state index contributed by atoms with van der Waals surface area (Å²) in [5.74, 6) is 1.18. The van der Waals surface area contributed by atoms with Crippen LogP contribution in [0.5, 0.6) is 0 Å². The van der Waals surface area contributed by atoms with Crippen LogP contribution in [0.2, 0.25) is 0 Å². The summed E-state index contributed by atoms with van der Waals surface area (Å²) in [6.07, 6.45) is 2.79. The standard InChI is InChI=1S/C19H36N4O4/c1-19(2,3)27-18(24)23-10-8-22(9-11-23)17(20)21-7-4-12-26-15-16-5-13-25-14-6-16/h16H,4-15H2,1-3H3,(H2,20,21). The third-order valence-electron chi connectivity index (χ3n) is 4.67. The minimum Gasteiger partial charge on any atom is -0.444 e. The molecule has 0 aromatic rings. The van der Waals surface area contributed by atoms with Gasteiger partial charge in [0.05, 0.1) is 0 Å². The fourth-order valence-electron chi connectivity index (χ4n) is 3.07. The predicted octanol–water partition coefficient (Wildman–Crippen LogP) is 1.69. The quantitative estimate of drug-likeness (QED) is 0.426. The Balaban J connectivity index is 1.57. The second-order valence-corrected chi connectivity index (χ2v) is 8.18. The third kappa shape index (κ3) is 8.34. The number of ether oxygens (including phenoxy) is 3. The molecule has 0 bridgehead atoms. The highest BCUT2D eigenvalue weighted by Gasteiger charge is 2.26. The first kappa shape index (κ1) is 21.8. The van der Waals surface area contributed by atoms with Gasteiger partial charge in [-0.05, 0) is 46.0 Å². The maximum absolute atomic E-state index is 12.1. The van der Waals surface area contributed by atoms with Gasteiger partial charge in [-0.3, -0.25) is 4.99 Å². The van der Waals surface area contributed by atoms with E-state index in [1.54, 1.807) is 4.90 Å². The van der Waals surface area contributed by atoms with Crippen molar-refractivity contribution in [2.45, 2.75) is 45.6 Å². The van der Waals surface area contributed by atoms with Gasteiger partial charge in [-0.2, -0.15) is 0 Å². The Morgan fingerprint density at radius 3 is 2.41 bits per heavy atom. The number of amides is 1. The summed E-state index contributed by atoms with van der Waals surface area (Å²) in [4.78, 5) is 20.3. The number of carbonyl (C=O) groups excluding carboxylic acids is 1. The minimum absolute atomic E-state index is 0.265. The fourth-order valence-corrected chi connectivity index (χ4v) is 3.07. The van der Waals surface area contributed by atoms with E-state index in [9.17, 15) is 4.79 Å². The smallest absolute Gasteiger partial charge is 0.410 e. The van der Waals surface area contributed by atoms with Crippen LogP contribution in [-0.2, 0) is 14.2 Å². The van der Waals surface area contributed by atoms with Crippen molar-refractivity contribution in [1.82, 2.24) is 9.80 Å². The second-order valence-electron chi connectivity index (χ2n) is 8.18. The number of nitrogens with zero attached hydrogens (tertiary/aromatic N) is 3. The second kappa shape index (κ2) is 10.7. The lowest BCUT2D eigenvalue weighted by atomic mass is 10.0. The number of hydrogen-bond donors (Lipinski definition) is 1. The molecule has 2 aliphatic heterocycles. The van der Waals surface area contributed by atoms with Crippen molar-refractivity contribution in [3.8, 4) is 0 Å². The Morgan fingerprint density at radius 1 is 1.15 bits per heavy atom. The summed E-state index contributed by atoms with van der Waals surface area (Å²) in [5, 5.41) is 0. The van der Waals surface area contributed by atoms with Gasteiger partial charge < -0.3 is 29.7 Å². The maximum atomic E-state index is 12.1. The average molecular weight is 385 g/mol. The van der Waals surface area contributed by atoms with Crippen molar-refractivity contribution in [2.24, 2.45) is 16.6 Å². The Labute approximate surface area is 163 Å². The van der Waals surface area contributed by atoms with Gasteiger partial charge in [0.25, 0.3) is 0 Å². The molecule has 156 valence electrons. The van der Waals surface area contributed by atoms with Gasteiger partial charge in [0.15, 0.2) is 5.96 Å². The molecule has 2 fully saturated rings. The van der Waals surface area contributed by atoms with Gasteiger partial charge in [-0.25, -0.2) is 4.79 Å². The van der Waals surface area contributed by atoms with Gasteiger partial charge in [-0.15, -0.1) is 0 Å². The highest BCUT2D eigenvalue weighted by Crippen LogP contribution is 2.15. The molecule has 0 aromatic heterocycles. The molecule has 2 N–H and O–H groups in total. The number of aliphatic imine (C=N–C) groups is 1. The molecule has 0 radical (unpaired) electrons. The summed E-state index contributed by atoms with van der Waals surface area (Å²) in [7, 11) is 0. The topological polar surface area (TPSA) is 89.6 Å². The minimum atomic E-state index is -0.471. The molecule has 2 saturated heterocycles. The van der Waals surface area contributed by atoms with Gasteiger partial charge >= 0.3 is 6.09 Å². The number of rotatable bonds is 6. The molecule has 0 aliphatic carbocycles. The molecule has 2 heterocycles. The number of guanidine groups is 1. The molecule has 0 aromatic carbocycles. The fraction of sp³-hybridized carbons (Fsp3) is 0.895. The zero-order valence-corrected chi connectivity index (χ0v) is 17.1. The van der Waals surface area contributed by atoms with Crippen molar-refractivity contribution in [3.63, 3.8) is 0 Å². The van der Waals surface area contributed by atoms with Crippen LogP contribution in [0.25, 0.3) is 0 Å². The molecule has 0 spiro atoms. The number of hydrogen-bond acceptors (Lipinski definition) is 5. The summed E-state index contributed by atoms with van der Waals surface area (Å²) in [5.41, 5.74) is 5.62. The zero-order valence-electron chi connectivity index (χ0n) is 17.1. The Bertz CT molecular complexity index is 479. The van der Waals surface area contributed by atoms with Crippen LogP contribution in [0.4, 0.5) is 4.79 Å². The lowest BCUT2D eigenvalue weighted by molar-refractivity contribution is 0.0186. The van der Waals surface area contributed by atoms with Crippen molar-refractivity contribution in [3.05, 3.63) is 0 Å². The molecule has 8 nitrogen and oxygen atoms in total. The monoisotopic (exact) mass is 384 g/mol. The molecule has 2 rings (SSSR count).